The Morgan fingerprint density at radius 3 is 3.04 bits per heavy atom. The number of thiazole rings is 1. The van der Waals surface area contributed by atoms with Crippen LogP contribution in [0, 0.1) is 12.3 Å². The second kappa shape index (κ2) is 5.10. The summed E-state index contributed by atoms with van der Waals surface area (Å²) in [6, 6.07) is 6.21. The highest BCUT2D eigenvalue weighted by molar-refractivity contribution is 7.18. The summed E-state index contributed by atoms with van der Waals surface area (Å²) in [7, 11) is 0. The van der Waals surface area contributed by atoms with Crippen LogP contribution >= 0.6 is 11.3 Å². The lowest BCUT2D eigenvalue weighted by Gasteiger charge is -2.04. The first-order valence-corrected chi connectivity index (χ1v) is 7.88. The molecule has 0 unspecified atom stereocenters. The Hall–Kier alpha value is -2.86. The maximum atomic E-state index is 7.46. The fourth-order valence-electron chi connectivity index (χ4n) is 2.71. The molecular weight excluding hydrogens is 306 g/mol. The average molecular weight is 319 g/mol. The molecule has 0 aliphatic heterocycles. The number of benzene rings is 1. The third kappa shape index (κ3) is 2.15. The zero-order chi connectivity index (χ0) is 16.0. The van der Waals surface area contributed by atoms with E-state index in [1.807, 2.05) is 25.3 Å². The summed E-state index contributed by atoms with van der Waals surface area (Å²) >= 11 is 1.68. The van der Waals surface area contributed by atoms with Gasteiger partial charge in [0.1, 0.15) is 12.0 Å². The smallest absolute Gasteiger partial charge is 0.141 e. The van der Waals surface area contributed by atoms with Crippen LogP contribution in [0.15, 0.2) is 37.3 Å². The standard InChI is InChI=1S/C17H13N5S/c1-9(6-18)16-15-12(7-19-17(15)21-8-20-16)11-3-4-13-14(5-11)23-10(2)22-13/h3-8,18H,1H2,2H3,(H,19,20,21). The van der Waals surface area contributed by atoms with Crippen molar-refractivity contribution in [2.45, 2.75) is 6.92 Å². The van der Waals surface area contributed by atoms with Crippen LogP contribution in [0.1, 0.15) is 10.7 Å². The van der Waals surface area contributed by atoms with Crippen molar-refractivity contribution < 1.29 is 0 Å². The normalized spacial score (nSPS) is 11.2. The lowest BCUT2D eigenvalue weighted by molar-refractivity contribution is 1.18. The van der Waals surface area contributed by atoms with Crippen molar-refractivity contribution in [3.63, 3.8) is 0 Å². The van der Waals surface area contributed by atoms with E-state index < -0.39 is 0 Å². The van der Waals surface area contributed by atoms with Crippen LogP contribution in [0.4, 0.5) is 0 Å². The van der Waals surface area contributed by atoms with Gasteiger partial charge in [0, 0.05) is 23.5 Å². The van der Waals surface area contributed by atoms with Gasteiger partial charge in [0.2, 0.25) is 0 Å². The van der Waals surface area contributed by atoms with Gasteiger partial charge < -0.3 is 10.4 Å². The monoisotopic (exact) mass is 319 g/mol. The molecule has 0 spiro atoms. The zero-order valence-corrected chi connectivity index (χ0v) is 13.2. The summed E-state index contributed by atoms with van der Waals surface area (Å²) in [4.78, 5) is 16.3. The van der Waals surface area contributed by atoms with E-state index in [-0.39, 0.29) is 0 Å². The number of aryl methyl sites for hydroxylation is 1. The van der Waals surface area contributed by atoms with Gasteiger partial charge in [0.05, 0.1) is 26.3 Å². The van der Waals surface area contributed by atoms with E-state index in [0.29, 0.717) is 11.3 Å². The molecule has 1 aromatic carbocycles. The molecule has 3 heterocycles. The molecule has 0 aliphatic rings. The van der Waals surface area contributed by atoms with Crippen molar-refractivity contribution in [1.82, 2.24) is 19.9 Å². The van der Waals surface area contributed by atoms with Crippen LogP contribution in [-0.2, 0) is 0 Å². The van der Waals surface area contributed by atoms with E-state index >= 15 is 0 Å². The first kappa shape index (κ1) is 13.8. The summed E-state index contributed by atoms with van der Waals surface area (Å²) in [5.74, 6) is 0. The van der Waals surface area contributed by atoms with E-state index in [2.05, 4.69) is 32.6 Å². The van der Waals surface area contributed by atoms with E-state index in [4.69, 9.17) is 5.41 Å². The quantitative estimate of drug-likeness (QED) is 0.555. The molecule has 0 fully saturated rings. The molecule has 4 aromatic rings. The largest absolute Gasteiger partial charge is 0.345 e. The van der Waals surface area contributed by atoms with Gasteiger partial charge in [-0.3, -0.25) is 0 Å². The molecule has 0 saturated heterocycles. The van der Waals surface area contributed by atoms with E-state index in [1.54, 1.807) is 11.3 Å². The summed E-state index contributed by atoms with van der Waals surface area (Å²) < 4.78 is 1.15. The second-order valence-corrected chi connectivity index (χ2v) is 6.47. The fraction of sp³-hybridized carbons (Fsp3) is 0.0588. The second-order valence-electron chi connectivity index (χ2n) is 5.23. The van der Waals surface area contributed by atoms with Crippen molar-refractivity contribution in [3.8, 4) is 11.1 Å². The van der Waals surface area contributed by atoms with E-state index in [0.717, 1.165) is 37.4 Å². The summed E-state index contributed by atoms with van der Waals surface area (Å²) in [6.07, 6.45) is 4.63. The molecule has 5 nitrogen and oxygen atoms in total. The molecule has 3 aromatic heterocycles. The Labute approximate surface area is 136 Å². The maximum absolute atomic E-state index is 7.46. The fourth-order valence-corrected chi connectivity index (χ4v) is 3.58. The maximum Gasteiger partial charge on any atom is 0.141 e. The molecule has 0 saturated carbocycles. The average Bonchev–Trinajstić information content (AvgIpc) is 3.15. The SMILES string of the molecule is C=C(C=N)c1ncnc2[nH]cc(-c3ccc4nc(C)sc4c3)c12. The van der Waals surface area contributed by atoms with Gasteiger partial charge in [-0.2, -0.15) is 0 Å². The van der Waals surface area contributed by atoms with Crippen molar-refractivity contribution in [1.29, 1.82) is 5.41 Å². The third-order valence-corrected chi connectivity index (χ3v) is 4.69. The minimum Gasteiger partial charge on any atom is -0.345 e. The Morgan fingerprint density at radius 1 is 1.35 bits per heavy atom. The topological polar surface area (TPSA) is 78.3 Å². The van der Waals surface area contributed by atoms with Crippen molar-refractivity contribution in [2.75, 3.05) is 0 Å². The number of rotatable bonds is 3. The Balaban J connectivity index is 2.00. The van der Waals surface area contributed by atoms with Gasteiger partial charge in [-0.15, -0.1) is 11.3 Å². The van der Waals surface area contributed by atoms with Crippen LogP contribution in [0.3, 0.4) is 0 Å². The van der Waals surface area contributed by atoms with Gasteiger partial charge in [0.15, 0.2) is 0 Å². The highest BCUT2D eigenvalue weighted by Gasteiger charge is 2.14. The molecule has 112 valence electrons. The van der Waals surface area contributed by atoms with Crippen molar-refractivity contribution >= 4 is 44.4 Å². The van der Waals surface area contributed by atoms with Crippen molar-refractivity contribution in [3.05, 3.63) is 48.0 Å². The van der Waals surface area contributed by atoms with Crippen molar-refractivity contribution in [2.24, 2.45) is 0 Å². The Kier molecular flexibility index (Phi) is 3.06. The molecule has 2 N–H and O–H groups in total. The van der Waals surface area contributed by atoms with Crippen LogP contribution in [-0.4, -0.2) is 26.2 Å². The van der Waals surface area contributed by atoms with Gasteiger partial charge >= 0.3 is 0 Å². The molecular formula is C17H13N5S. The minimum atomic E-state index is 0.563. The lowest BCUT2D eigenvalue weighted by Crippen LogP contribution is -1.92. The van der Waals surface area contributed by atoms with Crippen LogP contribution in [0.25, 0.3) is 38.0 Å². The predicted molar refractivity (Wildman–Crippen MR) is 95.1 cm³/mol. The Morgan fingerprint density at radius 2 is 2.22 bits per heavy atom. The minimum absolute atomic E-state index is 0.563. The van der Waals surface area contributed by atoms with Crippen LogP contribution < -0.4 is 0 Å². The number of aromatic amines is 1. The number of fused-ring (bicyclic) bond motifs is 2. The highest BCUT2D eigenvalue weighted by atomic mass is 32.1. The predicted octanol–water partition coefficient (Wildman–Crippen LogP) is 4.21. The number of hydrogen-bond donors (Lipinski definition) is 2. The number of nitrogens with one attached hydrogen (secondary N) is 2. The third-order valence-electron chi connectivity index (χ3n) is 3.75. The molecule has 4 rings (SSSR count). The molecule has 6 heteroatoms. The summed E-state index contributed by atoms with van der Waals surface area (Å²) in [5, 5.41) is 9.40. The summed E-state index contributed by atoms with van der Waals surface area (Å²) in [6.45, 7) is 5.92. The molecule has 0 amide bonds. The van der Waals surface area contributed by atoms with E-state index in [1.165, 1.54) is 12.5 Å². The van der Waals surface area contributed by atoms with Crippen LogP contribution in [0.2, 0.25) is 0 Å². The Bertz CT molecular complexity index is 1070. The molecule has 0 radical (unpaired) electrons. The first-order chi connectivity index (χ1) is 11.2. The van der Waals surface area contributed by atoms with Gasteiger partial charge in [0.25, 0.3) is 0 Å². The first-order valence-electron chi connectivity index (χ1n) is 7.07. The number of allylic oxidation sites excluding steroid dienone is 1. The van der Waals surface area contributed by atoms with Gasteiger partial charge in [-0.05, 0) is 24.6 Å². The number of nitrogens with zero attached hydrogens (tertiary/aromatic N) is 3. The summed E-state index contributed by atoms with van der Waals surface area (Å²) in [5.41, 5.74) is 5.08. The molecule has 0 bridgehead atoms. The lowest BCUT2D eigenvalue weighted by atomic mass is 10.0. The number of hydrogen-bond acceptors (Lipinski definition) is 5. The van der Waals surface area contributed by atoms with Crippen LogP contribution in [0.5, 0.6) is 0 Å². The number of aromatic nitrogens is 4. The van der Waals surface area contributed by atoms with Gasteiger partial charge in [-0.1, -0.05) is 12.6 Å². The molecule has 0 atom stereocenters. The highest BCUT2D eigenvalue weighted by Crippen LogP contribution is 2.34. The zero-order valence-electron chi connectivity index (χ0n) is 12.4. The molecule has 23 heavy (non-hydrogen) atoms. The molecule has 0 aliphatic carbocycles. The number of H-pyrrole nitrogens is 1. The van der Waals surface area contributed by atoms with E-state index in [9.17, 15) is 0 Å². The van der Waals surface area contributed by atoms with Gasteiger partial charge in [-0.25, -0.2) is 15.0 Å².